The first-order chi connectivity index (χ1) is 10.2. The molecule has 0 aliphatic heterocycles. The van der Waals surface area contributed by atoms with Crippen molar-refractivity contribution in [3.8, 4) is 0 Å². The zero-order valence-corrected chi connectivity index (χ0v) is 13.9. The van der Waals surface area contributed by atoms with Gasteiger partial charge in [0.05, 0.1) is 23.3 Å². The molecule has 0 bridgehead atoms. The molecule has 2 heterocycles. The van der Waals surface area contributed by atoms with Crippen LogP contribution in [0.25, 0.3) is 11.0 Å². The Labute approximate surface area is 136 Å². The van der Waals surface area contributed by atoms with Gasteiger partial charge in [-0.05, 0) is 31.2 Å². The fourth-order valence-electron chi connectivity index (χ4n) is 2.36. The first kappa shape index (κ1) is 14.5. The highest BCUT2D eigenvalue weighted by Gasteiger charge is 2.11. The van der Waals surface area contributed by atoms with Gasteiger partial charge >= 0.3 is 0 Å². The van der Waals surface area contributed by atoms with Crippen LogP contribution in [-0.2, 0) is 13.0 Å². The van der Waals surface area contributed by atoms with Crippen molar-refractivity contribution in [2.75, 3.05) is 5.88 Å². The molecule has 3 aromatic rings. The van der Waals surface area contributed by atoms with Crippen LogP contribution >= 0.6 is 27.5 Å². The fraction of sp³-hybridized carbons (Fsp3) is 0.267. The van der Waals surface area contributed by atoms with E-state index in [4.69, 9.17) is 11.6 Å². The number of nitrogens with zero attached hydrogens (tertiary/aromatic N) is 4. The lowest BCUT2D eigenvalue weighted by Crippen LogP contribution is -2.08. The molecule has 3 rings (SSSR count). The van der Waals surface area contributed by atoms with E-state index >= 15 is 0 Å². The highest BCUT2D eigenvalue weighted by atomic mass is 79.9. The maximum Gasteiger partial charge on any atom is 0.125 e. The minimum Gasteiger partial charge on any atom is -0.322 e. The third kappa shape index (κ3) is 3.09. The quantitative estimate of drug-likeness (QED) is 0.662. The molecule has 0 saturated heterocycles. The zero-order chi connectivity index (χ0) is 14.8. The molecule has 21 heavy (non-hydrogen) atoms. The van der Waals surface area contributed by atoms with Gasteiger partial charge in [-0.2, -0.15) is 0 Å². The SMILES string of the molecule is Cc1nccc(Cn2c(CCCl)nc3cc(Br)ccc32)n1. The van der Waals surface area contributed by atoms with E-state index < -0.39 is 0 Å². The van der Waals surface area contributed by atoms with Crippen LogP contribution in [0.1, 0.15) is 17.3 Å². The first-order valence-corrected chi connectivity index (χ1v) is 7.99. The smallest absolute Gasteiger partial charge is 0.125 e. The number of aromatic nitrogens is 4. The molecule has 4 nitrogen and oxygen atoms in total. The van der Waals surface area contributed by atoms with Crippen LogP contribution in [0.5, 0.6) is 0 Å². The Morgan fingerprint density at radius 2 is 2.10 bits per heavy atom. The number of rotatable bonds is 4. The average Bonchev–Trinajstić information content (AvgIpc) is 2.76. The van der Waals surface area contributed by atoms with Crippen LogP contribution in [-0.4, -0.2) is 25.4 Å². The molecule has 0 amide bonds. The summed E-state index contributed by atoms with van der Waals surface area (Å²) >= 11 is 9.39. The number of aryl methyl sites for hydroxylation is 2. The monoisotopic (exact) mass is 364 g/mol. The Hall–Kier alpha value is -1.46. The molecule has 6 heteroatoms. The summed E-state index contributed by atoms with van der Waals surface area (Å²) < 4.78 is 3.20. The Balaban J connectivity index is 2.08. The number of benzene rings is 1. The molecule has 0 aliphatic carbocycles. The number of hydrogen-bond acceptors (Lipinski definition) is 3. The molecular formula is C15H14BrClN4. The minimum absolute atomic E-state index is 0.549. The van der Waals surface area contributed by atoms with E-state index in [0.29, 0.717) is 12.4 Å². The second kappa shape index (κ2) is 6.12. The van der Waals surface area contributed by atoms with Gasteiger partial charge in [0, 0.05) is 23.0 Å². The lowest BCUT2D eigenvalue weighted by atomic mass is 10.3. The maximum atomic E-state index is 5.91. The molecular weight excluding hydrogens is 352 g/mol. The number of imidazole rings is 1. The van der Waals surface area contributed by atoms with Gasteiger partial charge in [-0.3, -0.25) is 0 Å². The van der Waals surface area contributed by atoms with Crippen molar-refractivity contribution in [1.29, 1.82) is 0 Å². The topological polar surface area (TPSA) is 43.6 Å². The van der Waals surface area contributed by atoms with Gasteiger partial charge in [0.1, 0.15) is 11.6 Å². The number of fused-ring (bicyclic) bond motifs is 1. The molecule has 0 atom stereocenters. The molecule has 0 saturated carbocycles. The van der Waals surface area contributed by atoms with Gasteiger partial charge in [-0.25, -0.2) is 15.0 Å². The summed E-state index contributed by atoms with van der Waals surface area (Å²) in [6.07, 6.45) is 2.52. The second-order valence-corrected chi connectivity index (χ2v) is 6.08. The third-order valence-corrected chi connectivity index (χ3v) is 3.94. The van der Waals surface area contributed by atoms with Crippen molar-refractivity contribution in [1.82, 2.24) is 19.5 Å². The molecule has 0 unspecified atom stereocenters. The summed E-state index contributed by atoms with van der Waals surface area (Å²) in [5.41, 5.74) is 3.03. The van der Waals surface area contributed by atoms with Gasteiger partial charge in [0.15, 0.2) is 0 Å². The highest BCUT2D eigenvalue weighted by Crippen LogP contribution is 2.22. The Kier molecular flexibility index (Phi) is 4.22. The van der Waals surface area contributed by atoms with Gasteiger partial charge in [-0.15, -0.1) is 11.6 Å². The number of alkyl halides is 1. The standard InChI is InChI=1S/C15H14BrClN4/c1-10-18-7-5-12(19-10)9-21-14-3-2-11(16)8-13(14)20-15(21)4-6-17/h2-3,5,7-8H,4,6,9H2,1H3. The number of hydrogen-bond donors (Lipinski definition) is 0. The van der Waals surface area contributed by atoms with E-state index in [9.17, 15) is 0 Å². The van der Waals surface area contributed by atoms with Crippen LogP contribution in [0.2, 0.25) is 0 Å². The lowest BCUT2D eigenvalue weighted by molar-refractivity contribution is 0.731. The maximum absolute atomic E-state index is 5.91. The van der Waals surface area contributed by atoms with Crippen molar-refractivity contribution >= 4 is 38.6 Å². The predicted octanol–water partition coefficient (Wildman–Crippen LogP) is 3.73. The molecule has 1 aromatic carbocycles. The van der Waals surface area contributed by atoms with Crippen molar-refractivity contribution in [3.05, 3.63) is 52.3 Å². The zero-order valence-electron chi connectivity index (χ0n) is 11.6. The van der Waals surface area contributed by atoms with Crippen LogP contribution in [0.3, 0.4) is 0 Å². The van der Waals surface area contributed by atoms with Gasteiger partial charge in [0.2, 0.25) is 0 Å². The van der Waals surface area contributed by atoms with Gasteiger partial charge in [0.25, 0.3) is 0 Å². The van der Waals surface area contributed by atoms with E-state index in [2.05, 4.69) is 41.5 Å². The number of halogens is 2. The Morgan fingerprint density at radius 1 is 1.24 bits per heavy atom. The van der Waals surface area contributed by atoms with Crippen LogP contribution in [0, 0.1) is 6.92 Å². The molecule has 2 aromatic heterocycles. The first-order valence-electron chi connectivity index (χ1n) is 6.66. The van der Waals surface area contributed by atoms with Crippen molar-refractivity contribution in [2.45, 2.75) is 19.9 Å². The Morgan fingerprint density at radius 3 is 2.86 bits per heavy atom. The van der Waals surface area contributed by atoms with Crippen LogP contribution in [0.4, 0.5) is 0 Å². The van der Waals surface area contributed by atoms with E-state index in [1.807, 2.05) is 25.1 Å². The Bertz CT molecular complexity index is 784. The summed E-state index contributed by atoms with van der Waals surface area (Å²) in [7, 11) is 0. The molecule has 0 aliphatic rings. The summed E-state index contributed by atoms with van der Waals surface area (Å²) in [5, 5.41) is 0. The van der Waals surface area contributed by atoms with E-state index in [-0.39, 0.29) is 0 Å². The molecule has 108 valence electrons. The molecule has 0 N–H and O–H groups in total. The van der Waals surface area contributed by atoms with E-state index in [1.165, 1.54) is 0 Å². The van der Waals surface area contributed by atoms with Crippen molar-refractivity contribution < 1.29 is 0 Å². The fourth-order valence-corrected chi connectivity index (χ4v) is 2.88. The predicted molar refractivity (Wildman–Crippen MR) is 87.7 cm³/mol. The second-order valence-electron chi connectivity index (χ2n) is 4.78. The summed E-state index contributed by atoms with van der Waals surface area (Å²) in [6, 6.07) is 8.05. The van der Waals surface area contributed by atoms with Gasteiger partial charge in [-0.1, -0.05) is 15.9 Å². The molecule has 0 fully saturated rings. The third-order valence-electron chi connectivity index (χ3n) is 3.26. The van der Waals surface area contributed by atoms with Crippen molar-refractivity contribution in [2.24, 2.45) is 0 Å². The van der Waals surface area contributed by atoms with Crippen LogP contribution in [0.15, 0.2) is 34.9 Å². The van der Waals surface area contributed by atoms with Crippen LogP contribution < -0.4 is 0 Å². The molecule has 0 radical (unpaired) electrons. The minimum atomic E-state index is 0.549. The van der Waals surface area contributed by atoms with Gasteiger partial charge < -0.3 is 4.57 Å². The summed E-state index contributed by atoms with van der Waals surface area (Å²) in [5.74, 6) is 2.31. The van der Waals surface area contributed by atoms with Crippen molar-refractivity contribution in [3.63, 3.8) is 0 Å². The largest absolute Gasteiger partial charge is 0.322 e. The summed E-state index contributed by atoms with van der Waals surface area (Å²) in [4.78, 5) is 13.3. The van der Waals surface area contributed by atoms with E-state index in [1.54, 1.807) is 6.20 Å². The van der Waals surface area contributed by atoms with E-state index in [0.717, 1.165) is 39.3 Å². The average molecular weight is 366 g/mol. The lowest BCUT2D eigenvalue weighted by Gasteiger charge is -2.08. The normalized spacial score (nSPS) is 11.2. The highest BCUT2D eigenvalue weighted by molar-refractivity contribution is 9.10. The summed E-state index contributed by atoms with van der Waals surface area (Å²) in [6.45, 7) is 2.57. The molecule has 0 spiro atoms.